The minimum Gasteiger partial charge on any atom is -0.454 e. The first-order valence-corrected chi connectivity index (χ1v) is 12.1. The van der Waals surface area contributed by atoms with Crippen molar-refractivity contribution in [1.29, 1.82) is 0 Å². The maximum absolute atomic E-state index is 12.8. The molecular formula is C28H30N2O5. The van der Waals surface area contributed by atoms with Gasteiger partial charge in [0, 0.05) is 5.56 Å². The molecule has 4 rings (SSSR count). The van der Waals surface area contributed by atoms with Gasteiger partial charge in [0.05, 0.1) is 23.7 Å². The van der Waals surface area contributed by atoms with Crippen LogP contribution in [0.3, 0.4) is 0 Å². The lowest BCUT2D eigenvalue weighted by Crippen LogP contribution is -2.39. The summed E-state index contributed by atoms with van der Waals surface area (Å²) >= 11 is 0. The Hall–Kier alpha value is -3.58. The second-order valence-electron chi connectivity index (χ2n) is 9.05. The van der Waals surface area contributed by atoms with E-state index in [1.165, 1.54) is 30.5 Å². The van der Waals surface area contributed by atoms with Crippen LogP contribution in [0.5, 0.6) is 0 Å². The van der Waals surface area contributed by atoms with Gasteiger partial charge in [0.25, 0.3) is 5.91 Å². The van der Waals surface area contributed by atoms with Crippen LogP contribution in [0.25, 0.3) is 0 Å². The molecule has 1 aliphatic heterocycles. The van der Waals surface area contributed by atoms with Crippen molar-refractivity contribution >= 4 is 29.3 Å². The molecule has 1 N–H and O–H groups in total. The van der Waals surface area contributed by atoms with Crippen molar-refractivity contribution in [3.05, 3.63) is 76.9 Å². The molecule has 1 fully saturated rings. The number of hydrogen-bond donors (Lipinski definition) is 1. The quantitative estimate of drug-likeness (QED) is 0.254. The zero-order valence-corrected chi connectivity index (χ0v) is 19.9. The highest BCUT2D eigenvalue weighted by Gasteiger charge is 2.39. The molecule has 2 aliphatic rings. The predicted molar refractivity (Wildman–Crippen MR) is 132 cm³/mol. The van der Waals surface area contributed by atoms with Crippen LogP contribution >= 0.6 is 0 Å². The lowest BCUT2D eigenvalue weighted by atomic mass is 9.97. The van der Waals surface area contributed by atoms with Crippen LogP contribution < -0.4 is 10.2 Å². The monoisotopic (exact) mass is 474 g/mol. The van der Waals surface area contributed by atoms with Crippen LogP contribution in [0, 0.1) is 6.92 Å². The number of nitrogens with zero attached hydrogens (tertiary/aromatic N) is 1. The molecule has 1 saturated heterocycles. The molecule has 1 atom stereocenters. The molecule has 0 saturated carbocycles. The first-order valence-electron chi connectivity index (χ1n) is 12.1. The number of aryl methyl sites for hydroxylation is 1. The van der Waals surface area contributed by atoms with Crippen LogP contribution in [0.15, 0.2) is 60.2 Å². The summed E-state index contributed by atoms with van der Waals surface area (Å²) in [4.78, 5) is 51.1. The fourth-order valence-corrected chi connectivity index (χ4v) is 4.39. The van der Waals surface area contributed by atoms with Gasteiger partial charge in [0.2, 0.25) is 5.91 Å². The maximum atomic E-state index is 12.8. The molecule has 7 heteroatoms. The third kappa shape index (κ3) is 6.11. The predicted octanol–water partition coefficient (Wildman–Crippen LogP) is 4.15. The molecule has 1 unspecified atom stereocenters. The number of carbonyl (C=O) groups excluding carboxylic acids is 4. The normalized spacial score (nSPS) is 17.9. The molecule has 7 nitrogen and oxygen atoms in total. The van der Waals surface area contributed by atoms with E-state index in [1.807, 2.05) is 19.1 Å². The summed E-state index contributed by atoms with van der Waals surface area (Å²) in [6, 6.07) is 12.6. The lowest BCUT2D eigenvalue weighted by molar-refractivity contribution is -0.121. The highest BCUT2D eigenvalue weighted by molar-refractivity contribution is 6.22. The standard InChI is InChI=1S/C28H30N2O5/c1-19-7-9-21(10-8-19)25(31)18-35-28(34)22-11-13-23(14-12-22)30-26(32)17-24(27(30)33)29-16-15-20-5-3-2-4-6-20/h5,7-14,24,29H,2-4,6,15-18H2,1H3. The average molecular weight is 475 g/mol. The highest BCUT2D eigenvalue weighted by atomic mass is 16.5. The Balaban J connectivity index is 1.30. The minimum atomic E-state index is -0.646. The molecule has 0 radical (unpaired) electrons. The Kier molecular flexibility index (Phi) is 7.87. The van der Waals surface area contributed by atoms with Crippen molar-refractivity contribution in [3.63, 3.8) is 0 Å². The third-order valence-electron chi connectivity index (χ3n) is 6.44. The smallest absolute Gasteiger partial charge is 0.338 e. The van der Waals surface area contributed by atoms with E-state index in [9.17, 15) is 19.2 Å². The number of rotatable bonds is 9. The molecule has 1 aliphatic carbocycles. The van der Waals surface area contributed by atoms with Crippen molar-refractivity contribution in [2.24, 2.45) is 0 Å². The Bertz CT molecular complexity index is 1130. The van der Waals surface area contributed by atoms with E-state index in [1.54, 1.807) is 24.3 Å². The number of ether oxygens (including phenoxy) is 1. The number of carbonyl (C=O) groups is 4. The summed E-state index contributed by atoms with van der Waals surface area (Å²) in [5, 5.41) is 3.22. The largest absolute Gasteiger partial charge is 0.454 e. The Labute approximate surface area is 205 Å². The number of imide groups is 1. The van der Waals surface area contributed by atoms with Gasteiger partial charge < -0.3 is 10.1 Å². The highest BCUT2D eigenvalue weighted by Crippen LogP contribution is 2.24. The van der Waals surface area contributed by atoms with Crippen molar-refractivity contribution in [1.82, 2.24) is 5.32 Å². The van der Waals surface area contributed by atoms with E-state index in [0.717, 1.165) is 29.7 Å². The Morgan fingerprint density at radius 1 is 1.00 bits per heavy atom. The fourth-order valence-electron chi connectivity index (χ4n) is 4.39. The Morgan fingerprint density at radius 2 is 1.71 bits per heavy atom. The molecule has 2 amide bonds. The fraction of sp³-hybridized carbons (Fsp3) is 0.357. The van der Waals surface area contributed by atoms with E-state index in [4.69, 9.17) is 4.74 Å². The molecule has 0 bridgehead atoms. The summed E-state index contributed by atoms with van der Waals surface area (Å²) in [5.41, 5.74) is 3.57. The van der Waals surface area contributed by atoms with E-state index >= 15 is 0 Å². The van der Waals surface area contributed by atoms with Gasteiger partial charge in [-0.15, -0.1) is 0 Å². The SMILES string of the molecule is Cc1ccc(C(=O)COC(=O)c2ccc(N3C(=O)CC(NCCC4=CCCCC4)C3=O)cc2)cc1. The molecule has 0 spiro atoms. The maximum Gasteiger partial charge on any atom is 0.338 e. The van der Waals surface area contributed by atoms with Gasteiger partial charge in [0.1, 0.15) is 0 Å². The third-order valence-corrected chi connectivity index (χ3v) is 6.44. The summed E-state index contributed by atoms with van der Waals surface area (Å²) in [6.07, 6.45) is 7.97. The molecular weight excluding hydrogens is 444 g/mol. The van der Waals surface area contributed by atoms with Crippen LogP contribution in [0.1, 0.15) is 64.8 Å². The van der Waals surface area contributed by atoms with Crippen LogP contribution in [-0.4, -0.2) is 42.8 Å². The van der Waals surface area contributed by atoms with Gasteiger partial charge >= 0.3 is 5.97 Å². The Morgan fingerprint density at radius 3 is 2.40 bits per heavy atom. The van der Waals surface area contributed by atoms with Crippen molar-refractivity contribution in [2.75, 3.05) is 18.1 Å². The molecule has 182 valence electrons. The second-order valence-corrected chi connectivity index (χ2v) is 9.05. The van der Waals surface area contributed by atoms with E-state index in [-0.39, 0.29) is 36.2 Å². The number of ketones is 1. The van der Waals surface area contributed by atoms with E-state index in [0.29, 0.717) is 17.8 Å². The summed E-state index contributed by atoms with van der Waals surface area (Å²) < 4.78 is 5.14. The zero-order chi connectivity index (χ0) is 24.8. The number of benzene rings is 2. The van der Waals surface area contributed by atoms with Gasteiger partial charge in [-0.05, 0) is 69.8 Å². The topological polar surface area (TPSA) is 92.8 Å². The van der Waals surface area contributed by atoms with Crippen molar-refractivity contribution in [2.45, 2.75) is 51.5 Å². The van der Waals surface area contributed by atoms with Crippen LogP contribution in [-0.2, 0) is 14.3 Å². The van der Waals surface area contributed by atoms with Gasteiger partial charge in [-0.25, -0.2) is 9.69 Å². The van der Waals surface area contributed by atoms with E-state index in [2.05, 4.69) is 11.4 Å². The number of hydrogen-bond acceptors (Lipinski definition) is 6. The first-order chi connectivity index (χ1) is 16.9. The number of anilines is 1. The van der Waals surface area contributed by atoms with Crippen LogP contribution in [0.4, 0.5) is 5.69 Å². The van der Waals surface area contributed by atoms with Gasteiger partial charge in [0.15, 0.2) is 12.4 Å². The molecule has 2 aromatic carbocycles. The number of Topliss-reactive ketones (excluding diaryl/α,β-unsaturated/α-hetero) is 1. The zero-order valence-electron chi connectivity index (χ0n) is 19.9. The summed E-state index contributed by atoms with van der Waals surface area (Å²) in [5.74, 6) is -1.50. The molecule has 2 aromatic rings. The molecule has 1 heterocycles. The number of esters is 1. The van der Waals surface area contributed by atoms with Gasteiger partial charge in [-0.3, -0.25) is 14.4 Å². The van der Waals surface area contributed by atoms with Crippen molar-refractivity contribution < 1.29 is 23.9 Å². The lowest BCUT2D eigenvalue weighted by Gasteiger charge is -2.17. The molecule has 35 heavy (non-hydrogen) atoms. The van der Waals surface area contributed by atoms with Gasteiger partial charge in [-0.1, -0.05) is 41.5 Å². The van der Waals surface area contributed by atoms with Gasteiger partial charge in [-0.2, -0.15) is 0 Å². The first kappa shape index (κ1) is 24.5. The van der Waals surface area contributed by atoms with Crippen LogP contribution in [0.2, 0.25) is 0 Å². The second kappa shape index (κ2) is 11.2. The summed E-state index contributed by atoms with van der Waals surface area (Å²) in [7, 11) is 0. The number of allylic oxidation sites excluding steroid dienone is 1. The minimum absolute atomic E-state index is 0.114. The average Bonchev–Trinajstić information content (AvgIpc) is 3.16. The van der Waals surface area contributed by atoms with E-state index < -0.39 is 12.0 Å². The number of amides is 2. The summed E-state index contributed by atoms with van der Waals surface area (Å²) in [6.45, 7) is 2.22. The van der Waals surface area contributed by atoms with Crippen molar-refractivity contribution in [3.8, 4) is 0 Å². The number of nitrogens with one attached hydrogen (secondary N) is 1. The molecule has 0 aromatic heterocycles.